The number of thiocarbonyl (C=S) groups is 1. The number of nitrogens with one attached hydrogen (secondary N) is 2. The number of halogens is 3. The molecule has 0 aliphatic heterocycles. The van der Waals surface area contributed by atoms with Crippen molar-refractivity contribution in [2.24, 2.45) is 0 Å². The molecule has 144 valence electrons. The predicted octanol–water partition coefficient (Wildman–Crippen LogP) is 5.53. The smallest absolute Gasteiger partial charge is 0.257 e. The van der Waals surface area contributed by atoms with E-state index in [1.54, 1.807) is 36.4 Å². The van der Waals surface area contributed by atoms with E-state index in [1.165, 1.54) is 12.1 Å². The molecule has 28 heavy (non-hydrogen) atoms. The summed E-state index contributed by atoms with van der Waals surface area (Å²) < 4.78 is 5.48. The van der Waals surface area contributed by atoms with Crippen LogP contribution in [0.25, 0.3) is 11.3 Å². The highest BCUT2D eigenvalue weighted by molar-refractivity contribution is 7.80. The summed E-state index contributed by atoms with van der Waals surface area (Å²) in [4.78, 5) is 12.2. The van der Waals surface area contributed by atoms with Crippen LogP contribution in [0.15, 0.2) is 52.9 Å². The zero-order valence-corrected chi connectivity index (χ0v) is 17.2. The van der Waals surface area contributed by atoms with Gasteiger partial charge in [-0.1, -0.05) is 34.8 Å². The number of benzene rings is 2. The van der Waals surface area contributed by atoms with Crippen molar-refractivity contribution >= 4 is 63.7 Å². The minimum absolute atomic E-state index is 0.0976. The molecule has 0 aliphatic carbocycles. The predicted molar refractivity (Wildman–Crippen MR) is 115 cm³/mol. The molecule has 0 atom stereocenters. The molecule has 0 bridgehead atoms. The highest BCUT2D eigenvalue weighted by Crippen LogP contribution is 2.31. The first-order chi connectivity index (χ1) is 13.4. The number of aliphatic hydroxyl groups is 1. The Hall–Kier alpha value is -2.09. The summed E-state index contributed by atoms with van der Waals surface area (Å²) in [6.45, 7) is -0.190. The molecule has 9 heteroatoms. The van der Waals surface area contributed by atoms with E-state index in [1.807, 2.05) is 0 Å². The van der Waals surface area contributed by atoms with E-state index in [2.05, 4.69) is 10.6 Å². The average Bonchev–Trinajstić information content (AvgIpc) is 3.12. The first kappa shape index (κ1) is 20.6. The number of amides is 1. The van der Waals surface area contributed by atoms with Crippen LogP contribution in [0.4, 0.5) is 5.69 Å². The number of aliphatic hydroxyl groups excluding tert-OH is 1. The molecule has 0 unspecified atom stereocenters. The molecule has 5 nitrogen and oxygen atoms in total. The third-order valence-electron chi connectivity index (χ3n) is 3.72. The van der Waals surface area contributed by atoms with Crippen molar-refractivity contribution in [1.29, 1.82) is 0 Å². The molecule has 3 aromatic rings. The fourth-order valence-corrected chi connectivity index (χ4v) is 3.16. The van der Waals surface area contributed by atoms with E-state index < -0.39 is 5.91 Å². The largest absolute Gasteiger partial charge is 0.459 e. The maximum absolute atomic E-state index is 12.2. The lowest BCUT2D eigenvalue weighted by Gasteiger charge is -2.11. The molecule has 0 spiro atoms. The molecular formula is C19H13Cl3N2O3S. The molecule has 3 N–H and O–H groups in total. The molecular weight excluding hydrogens is 443 g/mol. The van der Waals surface area contributed by atoms with Crippen molar-refractivity contribution in [1.82, 2.24) is 5.32 Å². The Labute approximate surface area is 181 Å². The van der Waals surface area contributed by atoms with Gasteiger partial charge >= 0.3 is 0 Å². The molecule has 3 rings (SSSR count). The average molecular weight is 456 g/mol. The van der Waals surface area contributed by atoms with Crippen LogP contribution >= 0.6 is 47.0 Å². The van der Waals surface area contributed by atoms with Gasteiger partial charge in [-0.25, -0.2) is 0 Å². The summed E-state index contributed by atoms with van der Waals surface area (Å²) >= 11 is 23.2. The number of anilines is 1. The Kier molecular flexibility index (Phi) is 6.59. The SMILES string of the molecule is O=C(NC(=S)Nc1ccc(-c2ccc(CO)o2)c(Cl)c1)c1ccc(Cl)c(Cl)c1. The summed E-state index contributed by atoms with van der Waals surface area (Å²) in [5, 5.41) is 15.7. The quantitative estimate of drug-likeness (QED) is 0.451. The standard InChI is InChI=1S/C19H13Cl3N2O3S/c20-14-5-1-10(7-16(14)22)18(26)24-19(28)23-11-2-4-13(15(21)8-11)17-6-3-12(9-25)27-17/h1-8,25H,9H2,(H2,23,24,26,28). The van der Waals surface area contributed by atoms with Crippen molar-refractivity contribution in [3.8, 4) is 11.3 Å². The maximum atomic E-state index is 12.2. The molecule has 0 saturated heterocycles. The number of hydrogen-bond donors (Lipinski definition) is 3. The summed E-state index contributed by atoms with van der Waals surface area (Å²) in [5.41, 5.74) is 1.57. The summed E-state index contributed by atoms with van der Waals surface area (Å²) in [6, 6.07) is 13.1. The van der Waals surface area contributed by atoms with Crippen molar-refractivity contribution in [3.05, 3.63) is 74.9 Å². The summed E-state index contributed by atoms with van der Waals surface area (Å²) in [6.07, 6.45) is 0. The minimum Gasteiger partial charge on any atom is -0.459 e. The van der Waals surface area contributed by atoms with Crippen LogP contribution in [0, 0.1) is 0 Å². The molecule has 2 aromatic carbocycles. The van der Waals surface area contributed by atoms with E-state index in [9.17, 15) is 4.79 Å². The van der Waals surface area contributed by atoms with Gasteiger partial charge in [-0.15, -0.1) is 0 Å². The maximum Gasteiger partial charge on any atom is 0.257 e. The Morgan fingerprint density at radius 2 is 1.79 bits per heavy atom. The van der Waals surface area contributed by atoms with Crippen LogP contribution in [0.1, 0.15) is 16.1 Å². The first-order valence-corrected chi connectivity index (χ1v) is 9.48. The molecule has 0 radical (unpaired) electrons. The Bertz CT molecular complexity index is 1050. The van der Waals surface area contributed by atoms with Gasteiger partial charge in [0.25, 0.3) is 5.91 Å². The number of furan rings is 1. The lowest BCUT2D eigenvalue weighted by molar-refractivity contribution is 0.0977. The van der Waals surface area contributed by atoms with E-state index in [0.717, 1.165) is 0 Å². The van der Waals surface area contributed by atoms with E-state index in [-0.39, 0.29) is 16.7 Å². The molecule has 1 amide bonds. The van der Waals surface area contributed by atoms with E-state index in [0.29, 0.717) is 38.4 Å². The Morgan fingerprint density at radius 1 is 1.00 bits per heavy atom. The second-order valence-corrected chi connectivity index (χ2v) is 7.29. The second kappa shape index (κ2) is 8.94. The highest BCUT2D eigenvalue weighted by Gasteiger charge is 2.12. The Balaban J connectivity index is 1.67. The van der Waals surface area contributed by atoms with Gasteiger partial charge in [0.2, 0.25) is 0 Å². The molecule has 0 aliphatic rings. The van der Waals surface area contributed by atoms with Crippen LogP contribution in [-0.2, 0) is 6.61 Å². The number of carbonyl (C=O) groups is 1. The van der Waals surface area contributed by atoms with Crippen LogP contribution in [0.5, 0.6) is 0 Å². The van der Waals surface area contributed by atoms with Crippen LogP contribution < -0.4 is 10.6 Å². The molecule has 0 saturated carbocycles. The third kappa shape index (κ3) is 4.84. The molecule has 1 aromatic heterocycles. The highest BCUT2D eigenvalue weighted by atomic mass is 35.5. The lowest BCUT2D eigenvalue weighted by Crippen LogP contribution is -2.34. The fraction of sp³-hybridized carbons (Fsp3) is 0.0526. The van der Waals surface area contributed by atoms with Gasteiger partial charge < -0.3 is 14.8 Å². The monoisotopic (exact) mass is 454 g/mol. The number of hydrogen-bond acceptors (Lipinski definition) is 4. The van der Waals surface area contributed by atoms with Gasteiger partial charge in [-0.2, -0.15) is 0 Å². The first-order valence-electron chi connectivity index (χ1n) is 7.94. The lowest BCUT2D eigenvalue weighted by atomic mass is 10.1. The van der Waals surface area contributed by atoms with Crippen molar-refractivity contribution in [2.75, 3.05) is 5.32 Å². The molecule has 1 heterocycles. The number of rotatable bonds is 4. The zero-order valence-electron chi connectivity index (χ0n) is 14.1. The van der Waals surface area contributed by atoms with E-state index >= 15 is 0 Å². The minimum atomic E-state index is -0.425. The summed E-state index contributed by atoms with van der Waals surface area (Å²) in [7, 11) is 0. The van der Waals surface area contributed by atoms with Gasteiger partial charge in [-0.3, -0.25) is 10.1 Å². The normalized spacial score (nSPS) is 10.6. The molecule has 0 fully saturated rings. The van der Waals surface area contributed by atoms with Gasteiger partial charge in [0.05, 0.1) is 15.1 Å². The van der Waals surface area contributed by atoms with Crippen LogP contribution in [0.3, 0.4) is 0 Å². The topological polar surface area (TPSA) is 74.5 Å². The zero-order chi connectivity index (χ0) is 20.3. The third-order valence-corrected chi connectivity index (χ3v) is 4.97. The van der Waals surface area contributed by atoms with Crippen LogP contribution in [-0.4, -0.2) is 16.1 Å². The summed E-state index contributed by atoms with van der Waals surface area (Å²) in [5.74, 6) is 0.557. The Morgan fingerprint density at radius 3 is 2.43 bits per heavy atom. The van der Waals surface area contributed by atoms with Crippen LogP contribution in [0.2, 0.25) is 15.1 Å². The fourth-order valence-electron chi connectivity index (χ4n) is 2.38. The van der Waals surface area contributed by atoms with Gasteiger partial charge in [-0.05, 0) is 60.7 Å². The van der Waals surface area contributed by atoms with Gasteiger partial charge in [0.1, 0.15) is 18.1 Å². The van der Waals surface area contributed by atoms with Crippen molar-refractivity contribution in [2.45, 2.75) is 6.61 Å². The van der Waals surface area contributed by atoms with Crippen molar-refractivity contribution < 1.29 is 14.3 Å². The van der Waals surface area contributed by atoms with Gasteiger partial charge in [0.15, 0.2) is 5.11 Å². The number of carbonyl (C=O) groups excluding carboxylic acids is 1. The van der Waals surface area contributed by atoms with Gasteiger partial charge in [0, 0.05) is 16.8 Å². The van der Waals surface area contributed by atoms with E-state index in [4.69, 9.17) is 56.5 Å². The van der Waals surface area contributed by atoms with Crippen molar-refractivity contribution in [3.63, 3.8) is 0 Å². The second-order valence-electron chi connectivity index (χ2n) is 5.66.